The van der Waals surface area contributed by atoms with Crippen LogP contribution >= 0.6 is 0 Å². The van der Waals surface area contributed by atoms with Gasteiger partial charge in [-0.3, -0.25) is 4.79 Å². The molecule has 0 spiro atoms. The lowest BCUT2D eigenvalue weighted by Gasteiger charge is -2.18. The average molecular weight is 230 g/mol. The van der Waals surface area contributed by atoms with E-state index in [1.165, 1.54) is 5.69 Å². The van der Waals surface area contributed by atoms with E-state index in [1.807, 2.05) is 18.2 Å². The summed E-state index contributed by atoms with van der Waals surface area (Å²) >= 11 is 0. The molecule has 4 N–H and O–H groups in total. The fraction of sp³-hybridized carbons (Fsp3) is 0.308. The molecule has 4 nitrogen and oxygen atoms in total. The number of aliphatic carboxylic acids is 1. The molecule has 4 heteroatoms. The largest absolute Gasteiger partial charge is 0.481 e. The van der Waals surface area contributed by atoms with Gasteiger partial charge in [0, 0.05) is 22.3 Å². The van der Waals surface area contributed by atoms with E-state index < -0.39 is 5.97 Å². The first-order chi connectivity index (χ1) is 8.15. The van der Waals surface area contributed by atoms with Crippen LogP contribution in [0.5, 0.6) is 0 Å². The summed E-state index contributed by atoms with van der Waals surface area (Å²) in [6.07, 6.45) is 2.12. The van der Waals surface area contributed by atoms with Gasteiger partial charge < -0.3 is 15.8 Å². The standard InChI is InChI=1S/C13H14N2O2/c14-8-2-4-12-10(6-8)9-5-7(13(16)17)1-3-11(9)15-12/h2,4,6-7,15H,1,3,5,14H2,(H,16,17). The van der Waals surface area contributed by atoms with Crippen molar-refractivity contribution in [1.82, 2.24) is 4.98 Å². The van der Waals surface area contributed by atoms with Crippen LogP contribution in [0.3, 0.4) is 0 Å². The van der Waals surface area contributed by atoms with Crippen LogP contribution < -0.4 is 5.73 Å². The Morgan fingerprint density at radius 1 is 1.47 bits per heavy atom. The maximum atomic E-state index is 11.1. The normalized spacial score (nSPS) is 19.2. The fourth-order valence-corrected chi connectivity index (χ4v) is 2.65. The SMILES string of the molecule is Nc1ccc2[nH]c3c(c2c1)CC(C(=O)O)CC3. The number of nitrogens with one attached hydrogen (secondary N) is 1. The number of nitrogens with two attached hydrogens (primary N) is 1. The van der Waals surface area contributed by atoms with Crippen molar-refractivity contribution in [2.75, 3.05) is 5.73 Å². The monoisotopic (exact) mass is 230 g/mol. The summed E-state index contributed by atoms with van der Waals surface area (Å²) in [4.78, 5) is 14.4. The molecule has 1 aromatic carbocycles. The van der Waals surface area contributed by atoms with E-state index in [-0.39, 0.29) is 5.92 Å². The predicted octanol–water partition coefficient (Wildman–Crippen LogP) is 1.94. The van der Waals surface area contributed by atoms with E-state index in [0.717, 1.165) is 28.6 Å². The van der Waals surface area contributed by atoms with Gasteiger partial charge in [0.1, 0.15) is 0 Å². The number of aromatic nitrogens is 1. The van der Waals surface area contributed by atoms with Crippen molar-refractivity contribution in [3.63, 3.8) is 0 Å². The highest BCUT2D eigenvalue weighted by molar-refractivity contribution is 5.88. The summed E-state index contributed by atoms with van der Waals surface area (Å²) < 4.78 is 0. The number of carboxylic acid groups (broad SMARTS) is 1. The molecule has 0 saturated carbocycles. The molecule has 0 amide bonds. The molecular formula is C13H14N2O2. The summed E-state index contributed by atoms with van der Waals surface area (Å²) in [6.45, 7) is 0. The number of carboxylic acids is 1. The van der Waals surface area contributed by atoms with Crippen LogP contribution in [0.1, 0.15) is 17.7 Å². The number of hydrogen-bond acceptors (Lipinski definition) is 2. The number of carbonyl (C=O) groups is 1. The third-order valence-electron chi connectivity index (χ3n) is 3.56. The summed E-state index contributed by atoms with van der Waals surface area (Å²) in [5.74, 6) is -0.961. The van der Waals surface area contributed by atoms with E-state index in [1.54, 1.807) is 0 Å². The zero-order valence-corrected chi connectivity index (χ0v) is 9.36. The van der Waals surface area contributed by atoms with Crippen molar-refractivity contribution in [3.05, 3.63) is 29.5 Å². The number of fused-ring (bicyclic) bond motifs is 3. The number of H-pyrrole nitrogens is 1. The van der Waals surface area contributed by atoms with Crippen molar-refractivity contribution in [3.8, 4) is 0 Å². The molecular weight excluding hydrogens is 216 g/mol. The van der Waals surface area contributed by atoms with E-state index in [4.69, 9.17) is 10.8 Å². The van der Waals surface area contributed by atoms with Crippen LogP contribution in [0.25, 0.3) is 10.9 Å². The van der Waals surface area contributed by atoms with Gasteiger partial charge in [0.05, 0.1) is 5.92 Å². The molecule has 2 aromatic rings. The minimum atomic E-state index is -0.700. The first-order valence-corrected chi connectivity index (χ1v) is 5.77. The first-order valence-electron chi connectivity index (χ1n) is 5.77. The Morgan fingerprint density at radius 2 is 2.29 bits per heavy atom. The van der Waals surface area contributed by atoms with Crippen molar-refractivity contribution in [2.45, 2.75) is 19.3 Å². The molecule has 1 heterocycles. The van der Waals surface area contributed by atoms with E-state index in [9.17, 15) is 4.79 Å². The third-order valence-corrected chi connectivity index (χ3v) is 3.56. The molecule has 88 valence electrons. The summed E-state index contributed by atoms with van der Waals surface area (Å²) in [7, 11) is 0. The van der Waals surface area contributed by atoms with Gasteiger partial charge in [-0.05, 0) is 43.0 Å². The highest BCUT2D eigenvalue weighted by Crippen LogP contribution is 2.32. The van der Waals surface area contributed by atoms with Crippen molar-refractivity contribution in [2.24, 2.45) is 5.92 Å². The average Bonchev–Trinajstić information content (AvgIpc) is 2.66. The van der Waals surface area contributed by atoms with Gasteiger partial charge in [0.25, 0.3) is 0 Å². The number of aryl methyl sites for hydroxylation is 1. The Kier molecular flexibility index (Phi) is 2.11. The number of nitrogen functional groups attached to an aromatic ring is 1. The van der Waals surface area contributed by atoms with Gasteiger partial charge in [-0.25, -0.2) is 0 Å². The van der Waals surface area contributed by atoms with Crippen molar-refractivity contribution < 1.29 is 9.90 Å². The van der Waals surface area contributed by atoms with Crippen molar-refractivity contribution >= 4 is 22.6 Å². The smallest absolute Gasteiger partial charge is 0.306 e. The molecule has 1 aromatic heterocycles. The third kappa shape index (κ3) is 1.56. The summed E-state index contributed by atoms with van der Waals surface area (Å²) in [6, 6.07) is 5.74. The second kappa shape index (κ2) is 3.52. The Balaban J connectivity index is 2.13. The second-order valence-electron chi connectivity index (χ2n) is 4.67. The molecule has 0 radical (unpaired) electrons. The fourth-order valence-electron chi connectivity index (χ4n) is 2.65. The number of benzene rings is 1. The van der Waals surface area contributed by atoms with Gasteiger partial charge >= 0.3 is 5.97 Å². The molecule has 0 saturated heterocycles. The number of rotatable bonds is 1. The van der Waals surface area contributed by atoms with Gasteiger partial charge in [-0.2, -0.15) is 0 Å². The molecule has 0 bridgehead atoms. The van der Waals surface area contributed by atoms with E-state index in [2.05, 4.69) is 4.98 Å². The van der Waals surface area contributed by atoms with E-state index >= 15 is 0 Å². The molecule has 1 unspecified atom stereocenters. The van der Waals surface area contributed by atoms with Crippen LogP contribution in [-0.2, 0) is 17.6 Å². The van der Waals surface area contributed by atoms with Crippen LogP contribution in [0.4, 0.5) is 5.69 Å². The van der Waals surface area contributed by atoms with E-state index in [0.29, 0.717) is 12.8 Å². The molecule has 1 atom stereocenters. The van der Waals surface area contributed by atoms with Gasteiger partial charge in [-0.1, -0.05) is 0 Å². The highest BCUT2D eigenvalue weighted by atomic mass is 16.4. The Morgan fingerprint density at radius 3 is 3.06 bits per heavy atom. The predicted molar refractivity (Wildman–Crippen MR) is 65.9 cm³/mol. The minimum Gasteiger partial charge on any atom is -0.481 e. The lowest BCUT2D eigenvalue weighted by Crippen LogP contribution is -2.21. The zero-order chi connectivity index (χ0) is 12.0. The van der Waals surface area contributed by atoms with Gasteiger partial charge in [-0.15, -0.1) is 0 Å². The van der Waals surface area contributed by atoms with Gasteiger partial charge in [0.15, 0.2) is 0 Å². The topological polar surface area (TPSA) is 79.1 Å². The molecule has 0 aliphatic heterocycles. The Labute approximate surface area is 98.4 Å². The zero-order valence-electron chi connectivity index (χ0n) is 9.36. The number of anilines is 1. The quantitative estimate of drug-likeness (QED) is 0.655. The lowest BCUT2D eigenvalue weighted by molar-refractivity contribution is -0.142. The molecule has 0 fully saturated rings. The maximum Gasteiger partial charge on any atom is 0.306 e. The first kappa shape index (κ1) is 10.2. The number of aromatic amines is 1. The lowest BCUT2D eigenvalue weighted by atomic mass is 9.86. The Hall–Kier alpha value is -1.97. The highest BCUT2D eigenvalue weighted by Gasteiger charge is 2.26. The van der Waals surface area contributed by atoms with Gasteiger partial charge in [0.2, 0.25) is 0 Å². The summed E-state index contributed by atoms with van der Waals surface area (Å²) in [5, 5.41) is 10.2. The van der Waals surface area contributed by atoms with Crippen molar-refractivity contribution in [1.29, 1.82) is 0 Å². The molecule has 1 aliphatic rings. The molecule has 1 aliphatic carbocycles. The molecule has 17 heavy (non-hydrogen) atoms. The maximum absolute atomic E-state index is 11.1. The Bertz CT molecular complexity index is 601. The summed E-state index contributed by atoms with van der Waals surface area (Å²) in [5.41, 5.74) is 9.85. The minimum absolute atomic E-state index is 0.261. The van der Waals surface area contributed by atoms with Crippen LogP contribution in [0.15, 0.2) is 18.2 Å². The second-order valence-corrected chi connectivity index (χ2v) is 4.67. The number of hydrogen-bond donors (Lipinski definition) is 3. The van der Waals surface area contributed by atoms with Crippen LogP contribution in [0, 0.1) is 5.92 Å². The van der Waals surface area contributed by atoms with Crippen LogP contribution in [-0.4, -0.2) is 16.1 Å². The van der Waals surface area contributed by atoms with Crippen LogP contribution in [0.2, 0.25) is 0 Å². The molecule has 3 rings (SSSR count).